The van der Waals surface area contributed by atoms with Crippen molar-refractivity contribution >= 4 is 5.97 Å². The molecule has 92 valence electrons. The molecule has 1 aliphatic heterocycles. The fraction of sp³-hybridized carbons (Fsp3) is 0.462. The summed E-state index contributed by atoms with van der Waals surface area (Å²) < 4.78 is 11.1. The fourth-order valence-electron chi connectivity index (χ4n) is 1.92. The second kappa shape index (κ2) is 5.57. The Morgan fingerprint density at radius 2 is 2.06 bits per heavy atom. The molecule has 0 N–H and O–H groups in total. The number of fused-ring (bicyclic) bond motifs is 1. The Balaban J connectivity index is 1.94. The van der Waals surface area contributed by atoms with E-state index < -0.39 is 5.97 Å². The van der Waals surface area contributed by atoms with Crippen LogP contribution in [0.25, 0.3) is 0 Å². The molecule has 0 atom stereocenters. The first kappa shape index (κ1) is 11.8. The monoisotopic (exact) mass is 235 g/mol. The number of rotatable bonds is 5. The van der Waals surface area contributed by atoms with Gasteiger partial charge in [-0.05, 0) is 37.3 Å². The third kappa shape index (κ3) is 3.12. The quantitative estimate of drug-likeness (QED) is 0.712. The van der Waals surface area contributed by atoms with Crippen LogP contribution in [-0.4, -0.2) is 19.2 Å². The van der Waals surface area contributed by atoms with E-state index in [1.807, 2.05) is 18.2 Å². The van der Waals surface area contributed by atoms with Crippen LogP contribution in [0.3, 0.4) is 0 Å². The summed E-state index contributed by atoms with van der Waals surface area (Å²) in [6, 6.07) is 5.81. The Kier molecular flexibility index (Phi) is 3.85. The molecule has 0 aromatic heterocycles. The van der Waals surface area contributed by atoms with E-state index in [4.69, 9.17) is 9.47 Å². The average Bonchev–Trinajstić information content (AvgIpc) is 2.34. The average molecular weight is 235 g/mol. The van der Waals surface area contributed by atoms with Gasteiger partial charge in [0.05, 0.1) is 0 Å². The number of carbonyl (C=O) groups is 1. The zero-order valence-electron chi connectivity index (χ0n) is 9.61. The van der Waals surface area contributed by atoms with Crippen LogP contribution in [0.1, 0.15) is 24.8 Å². The van der Waals surface area contributed by atoms with Crippen LogP contribution in [0.2, 0.25) is 0 Å². The fourth-order valence-corrected chi connectivity index (χ4v) is 1.92. The van der Waals surface area contributed by atoms with E-state index >= 15 is 0 Å². The van der Waals surface area contributed by atoms with E-state index in [9.17, 15) is 9.90 Å². The van der Waals surface area contributed by atoms with E-state index in [2.05, 4.69) is 0 Å². The highest BCUT2D eigenvalue weighted by molar-refractivity contribution is 5.64. The topological polar surface area (TPSA) is 58.6 Å². The maximum atomic E-state index is 10.3. The summed E-state index contributed by atoms with van der Waals surface area (Å²) in [5.41, 5.74) is 1.08. The van der Waals surface area contributed by atoms with Gasteiger partial charge in [0, 0.05) is 5.97 Å². The number of benzene rings is 1. The largest absolute Gasteiger partial charge is 0.550 e. The highest BCUT2D eigenvalue weighted by atomic mass is 16.6. The summed E-state index contributed by atoms with van der Waals surface area (Å²) in [6.45, 7) is 1.16. The SMILES string of the molecule is O=C([O-])CCCCc1cccc2c1OCCO2. The number of aryl methyl sites for hydroxylation is 1. The van der Waals surface area contributed by atoms with Gasteiger partial charge in [-0.2, -0.15) is 0 Å². The summed E-state index contributed by atoms with van der Waals surface area (Å²) in [4.78, 5) is 10.3. The summed E-state index contributed by atoms with van der Waals surface area (Å²) in [5.74, 6) is 0.612. The molecule has 1 aromatic carbocycles. The molecule has 1 heterocycles. The van der Waals surface area contributed by atoms with E-state index in [0.717, 1.165) is 29.9 Å². The highest BCUT2D eigenvalue weighted by Gasteiger charge is 2.14. The molecular weight excluding hydrogens is 220 g/mol. The van der Waals surface area contributed by atoms with Crippen LogP contribution in [0, 0.1) is 0 Å². The molecule has 0 spiro atoms. The van der Waals surface area contributed by atoms with Gasteiger partial charge in [0.15, 0.2) is 11.5 Å². The van der Waals surface area contributed by atoms with Gasteiger partial charge in [-0.25, -0.2) is 0 Å². The van der Waals surface area contributed by atoms with Gasteiger partial charge in [0.1, 0.15) is 13.2 Å². The van der Waals surface area contributed by atoms with E-state index in [-0.39, 0.29) is 6.42 Å². The predicted molar refractivity (Wildman–Crippen MR) is 60.0 cm³/mol. The van der Waals surface area contributed by atoms with Gasteiger partial charge < -0.3 is 19.4 Å². The molecule has 0 fully saturated rings. The number of aliphatic carboxylic acids is 1. The normalized spacial score (nSPS) is 13.4. The third-order valence-electron chi connectivity index (χ3n) is 2.72. The van der Waals surface area contributed by atoms with Gasteiger partial charge in [-0.1, -0.05) is 12.1 Å². The molecule has 0 saturated heterocycles. The first-order valence-corrected chi connectivity index (χ1v) is 5.84. The number of unbranched alkanes of at least 4 members (excludes halogenated alkanes) is 1. The summed E-state index contributed by atoms with van der Waals surface area (Å²) >= 11 is 0. The van der Waals surface area contributed by atoms with Gasteiger partial charge in [0.2, 0.25) is 0 Å². The van der Waals surface area contributed by atoms with Crippen molar-refractivity contribution in [3.05, 3.63) is 23.8 Å². The molecular formula is C13H15O4-. The number of carbonyl (C=O) groups excluding carboxylic acids is 1. The minimum atomic E-state index is -0.986. The Bertz CT molecular complexity index is 400. The third-order valence-corrected chi connectivity index (χ3v) is 2.72. The molecule has 1 aliphatic rings. The molecule has 17 heavy (non-hydrogen) atoms. The minimum absolute atomic E-state index is 0.117. The van der Waals surface area contributed by atoms with Crippen molar-refractivity contribution in [3.8, 4) is 11.5 Å². The number of carboxylic acids is 1. The lowest BCUT2D eigenvalue weighted by molar-refractivity contribution is -0.305. The molecule has 4 nitrogen and oxygen atoms in total. The molecule has 0 aliphatic carbocycles. The van der Waals surface area contributed by atoms with E-state index in [0.29, 0.717) is 19.6 Å². The van der Waals surface area contributed by atoms with Crippen molar-refractivity contribution in [3.63, 3.8) is 0 Å². The molecule has 0 unspecified atom stereocenters. The predicted octanol–water partition coefficient (Wildman–Crippen LogP) is 0.920. The first-order valence-electron chi connectivity index (χ1n) is 5.84. The van der Waals surface area contributed by atoms with Gasteiger partial charge >= 0.3 is 0 Å². The lowest BCUT2D eigenvalue weighted by Crippen LogP contribution is -2.21. The van der Waals surface area contributed by atoms with Crippen LogP contribution < -0.4 is 14.6 Å². The number of hydrogen-bond donors (Lipinski definition) is 0. The summed E-state index contributed by atoms with van der Waals surface area (Å²) in [7, 11) is 0. The Morgan fingerprint density at radius 3 is 2.88 bits per heavy atom. The Hall–Kier alpha value is -1.71. The molecule has 4 heteroatoms. The van der Waals surface area contributed by atoms with Crippen LogP contribution in [0.5, 0.6) is 11.5 Å². The highest BCUT2D eigenvalue weighted by Crippen LogP contribution is 2.34. The number of hydrogen-bond acceptors (Lipinski definition) is 4. The molecule has 2 rings (SSSR count). The number of carboxylic acid groups (broad SMARTS) is 1. The van der Waals surface area contributed by atoms with Crippen molar-refractivity contribution in [2.24, 2.45) is 0 Å². The zero-order valence-corrected chi connectivity index (χ0v) is 9.61. The zero-order chi connectivity index (χ0) is 12.1. The second-order valence-corrected chi connectivity index (χ2v) is 4.02. The van der Waals surface area contributed by atoms with Crippen molar-refractivity contribution < 1.29 is 19.4 Å². The van der Waals surface area contributed by atoms with Crippen LogP contribution in [-0.2, 0) is 11.2 Å². The van der Waals surface area contributed by atoms with Crippen molar-refractivity contribution in [2.45, 2.75) is 25.7 Å². The Labute approximate surface area is 100 Å². The molecule has 0 amide bonds. The molecule has 0 bridgehead atoms. The molecule has 1 aromatic rings. The van der Waals surface area contributed by atoms with Crippen molar-refractivity contribution in [1.29, 1.82) is 0 Å². The minimum Gasteiger partial charge on any atom is -0.550 e. The lowest BCUT2D eigenvalue weighted by Gasteiger charge is -2.20. The van der Waals surface area contributed by atoms with Crippen LogP contribution in [0.15, 0.2) is 18.2 Å². The van der Waals surface area contributed by atoms with Gasteiger partial charge in [-0.15, -0.1) is 0 Å². The van der Waals surface area contributed by atoms with Gasteiger partial charge in [-0.3, -0.25) is 0 Å². The Morgan fingerprint density at radius 1 is 1.24 bits per heavy atom. The van der Waals surface area contributed by atoms with E-state index in [1.54, 1.807) is 0 Å². The standard InChI is InChI=1S/C13H16O4/c14-12(15)7-2-1-4-10-5-3-6-11-13(10)17-9-8-16-11/h3,5-6H,1-2,4,7-9H2,(H,14,15)/p-1. The first-order chi connectivity index (χ1) is 8.27. The van der Waals surface area contributed by atoms with Gasteiger partial charge in [0.25, 0.3) is 0 Å². The van der Waals surface area contributed by atoms with Crippen molar-refractivity contribution in [2.75, 3.05) is 13.2 Å². The maximum absolute atomic E-state index is 10.3. The maximum Gasteiger partial charge on any atom is 0.164 e. The van der Waals surface area contributed by atoms with Crippen molar-refractivity contribution in [1.82, 2.24) is 0 Å². The van der Waals surface area contributed by atoms with Crippen LogP contribution >= 0.6 is 0 Å². The smallest absolute Gasteiger partial charge is 0.164 e. The van der Waals surface area contributed by atoms with E-state index in [1.165, 1.54) is 0 Å². The second-order valence-electron chi connectivity index (χ2n) is 4.02. The number of ether oxygens (including phenoxy) is 2. The summed E-state index contributed by atoms with van der Waals surface area (Å²) in [6.07, 6.45) is 2.37. The lowest BCUT2D eigenvalue weighted by atomic mass is 10.1. The number of para-hydroxylation sites is 1. The molecule has 0 saturated carbocycles. The molecule has 0 radical (unpaired) electrons. The summed E-state index contributed by atoms with van der Waals surface area (Å²) in [5, 5.41) is 10.3. The van der Waals surface area contributed by atoms with Crippen LogP contribution in [0.4, 0.5) is 0 Å².